The molecule has 0 saturated carbocycles. The van der Waals surface area contributed by atoms with Crippen LogP contribution >= 0.6 is 0 Å². The maximum Gasteiger partial charge on any atom is 0.296 e. The molecule has 1 aromatic heterocycles. The Kier molecular flexibility index (Phi) is 3.74. The zero-order chi connectivity index (χ0) is 11.5. The van der Waals surface area contributed by atoms with Crippen molar-refractivity contribution in [3.63, 3.8) is 0 Å². The predicted octanol–water partition coefficient (Wildman–Crippen LogP) is 1.74. The summed E-state index contributed by atoms with van der Waals surface area (Å²) in [5.74, 6) is 0. The van der Waals surface area contributed by atoms with Crippen molar-refractivity contribution < 1.29 is 9.47 Å². The average molecular weight is 212 g/mol. The molecule has 4 heteroatoms. The second-order valence-electron chi connectivity index (χ2n) is 4.58. The summed E-state index contributed by atoms with van der Waals surface area (Å²) in [6.45, 7) is 7.58. The smallest absolute Gasteiger partial charge is 0.296 e. The molecule has 0 aromatic carbocycles. The topological polar surface area (TPSA) is 36.3 Å². The van der Waals surface area contributed by atoms with E-state index in [0.717, 1.165) is 5.69 Å². The van der Waals surface area contributed by atoms with E-state index in [1.165, 1.54) is 0 Å². The first-order valence-electron chi connectivity index (χ1n) is 5.10. The van der Waals surface area contributed by atoms with Gasteiger partial charge in [0.1, 0.15) is 6.61 Å². The fraction of sp³-hybridized carbons (Fsp3) is 0.727. The Morgan fingerprint density at radius 1 is 1.33 bits per heavy atom. The third-order valence-electron chi connectivity index (χ3n) is 2.23. The lowest BCUT2D eigenvalue weighted by Crippen LogP contribution is -2.16. The molecule has 1 heterocycles. The number of nitrogens with zero attached hydrogens (tertiary/aromatic N) is 2. The van der Waals surface area contributed by atoms with Gasteiger partial charge in [-0.05, 0) is 0 Å². The second-order valence-corrected chi connectivity index (χ2v) is 4.58. The van der Waals surface area contributed by atoms with Gasteiger partial charge in [-0.3, -0.25) is 0 Å². The van der Waals surface area contributed by atoms with Crippen LogP contribution in [0.25, 0.3) is 0 Å². The lowest BCUT2D eigenvalue weighted by Gasteiger charge is -2.19. The van der Waals surface area contributed by atoms with Crippen molar-refractivity contribution in [2.45, 2.75) is 26.2 Å². The summed E-state index contributed by atoms with van der Waals surface area (Å²) in [6.07, 6.45) is 1.86. The molecule has 1 aromatic rings. The highest BCUT2D eigenvalue weighted by Crippen LogP contribution is 2.24. The van der Waals surface area contributed by atoms with Gasteiger partial charge in [-0.1, -0.05) is 20.8 Å². The van der Waals surface area contributed by atoms with E-state index in [4.69, 9.17) is 9.47 Å². The molecule has 1 rings (SSSR count). The quantitative estimate of drug-likeness (QED) is 0.713. The van der Waals surface area contributed by atoms with Gasteiger partial charge in [0, 0.05) is 25.3 Å². The monoisotopic (exact) mass is 212 g/mol. The molecule has 0 fully saturated rings. The minimum Gasteiger partial charge on any atom is -0.462 e. The van der Waals surface area contributed by atoms with Crippen molar-refractivity contribution in [3.05, 3.63) is 11.9 Å². The Bertz CT molecular complexity index is 313. The van der Waals surface area contributed by atoms with Gasteiger partial charge in [-0.25, -0.2) is 4.98 Å². The molecule has 0 saturated heterocycles. The molecule has 0 aliphatic rings. The molecule has 0 bridgehead atoms. The van der Waals surface area contributed by atoms with Crippen molar-refractivity contribution in [2.75, 3.05) is 20.3 Å². The molecule has 0 amide bonds. The maximum absolute atomic E-state index is 5.48. The summed E-state index contributed by atoms with van der Waals surface area (Å²) in [4.78, 5) is 4.24. The highest BCUT2D eigenvalue weighted by atomic mass is 16.5. The lowest BCUT2D eigenvalue weighted by atomic mass is 9.93. The van der Waals surface area contributed by atoms with Crippen LogP contribution in [0.5, 0.6) is 6.01 Å². The van der Waals surface area contributed by atoms with E-state index >= 15 is 0 Å². The summed E-state index contributed by atoms with van der Waals surface area (Å²) >= 11 is 0. The molecule has 0 aliphatic carbocycles. The van der Waals surface area contributed by atoms with Crippen LogP contribution in [0.4, 0.5) is 0 Å². The van der Waals surface area contributed by atoms with Crippen molar-refractivity contribution in [2.24, 2.45) is 7.05 Å². The summed E-state index contributed by atoms with van der Waals surface area (Å²) in [5.41, 5.74) is 1.25. The third kappa shape index (κ3) is 2.96. The highest BCUT2D eigenvalue weighted by molar-refractivity contribution is 5.16. The standard InChI is InChI=1S/C11H20N2O2/c1-11(2,3)9-8-12-10(13(9)4)15-7-6-14-5/h8H,6-7H2,1-5H3. The van der Waals surface area contributed by atoms with E-state index in [1.807, 2.05) is 17.8 Å². The second kappa shape index (κ2) is 4.66. The number of hydrogen-bond donors (Lipinski definition) is 0. The molecule has 0 radical (unpaired) electrons. The fourth-order valence-electron chi connectivity index (χ4n) is 1.44. The average Bonchev–Trinajstić information content (AvgIpc) is 2.47. The van der Waals surface area contributed by atoms with Crippen LogP contribution in [-0.4, -0.2) is 29.9 Å². The summed E-state index contributed by atoms with van der Waals surface area (Å²) < 4.78 is 12.4. The van der Waals surface area contributed by atoms with Gasteiger partial charge in [0.15, 0.2) is 0 Å². The van der Waals surface area contributed by atoms with Crippen molar-refractivity contribution in [1.82, 2.24) is 9.55 Å². The van der Waals surface area contributed by atoms with Crippen LogP contribution < -0.4 is 4.74 Å². The van der Waals surface area contributed by atoms with Crippen molar-refractivity contribution in [1.29, 1.82) is 0 Å². The van der Waals surface area contributed by atoms with Gasteiger partial charge in [-0.2, -0.15) is 0 Å². The molecule has 0 atom stereocenters. The molecule has 0 aliphatic heterocycles. The van der Waals surface area contributed by atoms with Gasteiger partial charge < -0.3 is 14.0 Å². The Balaban J connectivity index is 2.72. The SMILES string of the molecule is COCCOc1ncc(C(C)(C)C)n1C. The van der Waals surface area contributed by atoms with Gasteiger partial charge in [0.2, 0.25) is 0 Å². The number of methoxy groups -OCH3 is 1. The largest absolute Gasteiger partial charge is 0.462 e. The molecule has 0 spiro atoms. The number of hydrogen-bond acceptors (Lipinski definition) is 3. The Morgan fingerprint density at radius 2 is 2.00 bits per heavy atom. The summed E-state index contributed by atoms with van der Waals surface area (Å²) in [6, 6.07) is 0.650. The summed E-state index contributed by atoms with van der Waals surface area (Å²) in [7, 11) is 3.62. The summed E-state index contributed by atoms with van der Waals surface area (Å²) in [5, 5.41) is 0. The first-order chi connectivity index (χ1) is 6.96. The van der Waals surface area contributed by atoms with Gasteiger partial charge in [-0.15, -0.1) is 0 Å². The molecule has 86 valence electrons. The van der Waals surface area contributed by atoms with Gasteiger partial charge >= 0.3 is 0 Å². The lowest BCUT2D eigenvalue weighted by molar-refractivity contribution is 0.138. The third-order valence-corrected chi connectivity index (χ3v) is 2.23. The van der Waals surface area contributed by atoms with Crippen LogP contribution in [0.1, 0.15) is 26.5 Å². The highest BCUT2D eigenvalue weighted by Gasteiger charge is 2.20. The Labute approximate surface area is 91.2 Å². The first kappa shape index (κ1) is 12.0. The molecule has 0 unspecified atom stereocenters. The van der Waals surface area contributed by atoms with Crippen molar-refractivity contribution in [3.8, 4) is 6.01 Å². The molecular formula is C11H20N2O2. The number of aromatic nitrogens is 2. The fourth-order valence-corrected chi connectivity index (χ4v) is 1.44. The van der Waals surface area contributed by atoms with Gasteiger partial charge in [0.25, 0.3) is 6.01 Å². The number of ether oxygens (including phenoxy) is 2. The number of rotatable bonds is 4. The van der Waals surface area contributed by atoms with Crippen LogP contribution in [0, 0.1) is 0 Å². The minimum atomic E-state index is 0.0879. The number of imidazole rings is 1. The zero-order valence-corrected chi connectivity index (χ0v) is 10.2. The van der Waals surface area contributed by atoms with Crippen LogP contribution in [0.3, 0.4) is 0 Å². The molecule has 15 heavy (non-hydrogen) atoms. The molecule has 4 nitrogen and oxygen atoms in total. The van der Waals surface area contributed by atoms with E-state index in [1.54, 1.807) is 7.11 Å². The minimum absolute atomic E-state index is 0.0879. The maximum atomic E-state index is 5.48. The van der Waals surface area contributed by atoms with Crippen molar-refractivity contribution >= 4 is 0 Å². The van der Waals surface area contributed by atoms with E-state index in [-0.39, 0.29) is 5.41 Å². The zero-order valence-electron chi connectivity index (χ0n) is 10.2. The molecule has 0 N–H and O–H groups in total. The Hall–Kier alpha value is -1.03. The van der Waals surface area contributed by atoms with E-state index < -0.39 is 0 Å². The van der Waals surface area contributed by atoms with Gasteiger partial charge in [0.05, 0.1) is 12.8 Å². The predicted molar refractivity (Wildman–Crippen MR) is 59.3 cm³/mol. The normalized spacial score (nSPS) is 11.8. The van der Waals surface area contributed by atoms with E-state index in [0.29, 0.717) is 19.2 Å². The van der Waals surface area contributed by atoms with E-state index in [2.05, 4.69) is 25.8 Å². The van der Waals surface area contributed by atoms with Crippen LogP contribution in [0.2, 0.25) is 0 Å². The molecular weight excluding hydrogens is 192 g/mol. The van der Waals surface area contributed by atoms with E-state index in [9.17, 15) is 0 Å². The first-order valence-corrected chi connectivity index (χ1v) is 5.10. The van der Waals surface area contributed by atoms with Crippen LogP contribution in [-0.2, 0) is 17.2 Å². The van der Waals surface area contributed by atoms with Crippen LogP contribution in [0.15, 0.2) is 6.20 Å². The Morgan fingerprint density at radius 3 is 2.47 bits per heavy atom.